The maximum Gasteiger partial charge on any atom is 0.281 e. The van der Waals surface area contributed by atoms with Crippen LogP contribution in [0, 0.1) is 5.92 Å². The lowest BCUT2D eigenvalue weighted by atomic mass is 10.2. The third-order valence-electron chi connectivity index (χ3n) is 2.74. The predicted molar refractivity (Wildman–Crippen MR) is 58.6 cm³/mol. The molecule has 1 unspecified atom stereocenters. The highest BCUT2D eigenvalue weighted by atomic mass is 32.2. The van der Waals surface area contributed by atoms with Gasteiger partial charge in [0.1, 0.15) is 0 Å². The molecule has 0 aromatic carbocycles. The van der Waals surface area contributed by atoms with Gasteiger partial charge in [0.15, 0.2) is 0 Å². The molecule has 1 aliphatic rings. The first-order chi connectivity index (χ1) is 6.98. The van der Waals surface area contributed by atoms with Crippen LogP contribution in [0.5, 0.6) is 0 Å². The van der Waals surface area contributed by atoms with E-state index in [0.717, 1.165) is 6.42 Å². The van der Waals surface area contributed by atoms with Crippen LogP contribution in [0.2, 0.25) is 0 Å². The van der Waals surface area contributed by atoms with Gasteiger partial charge in [-0.25, -0.2) is 0 Å². The second kappa shape index (κ2) is 5.25. The lowest BCUT2D eigenvalue weighted by Crippen LogP contribution is -2.41. The molecule has 0 spiro atoms. The maximum absolute atomic E-state index is 12.0. The third-order valence-corrected chi connectivity index (χ3v) is 4.69. The molecule has 1 fully saturated rings. The first-order valence-electron chi connectivity index (χ1n) is 5.30. The Labute approximate surface area is 91.9 Å². The summed E-state index contributed by atoms with van der Waals surface area (Å²) < 4.78 is 26.8. The molecular weight excluding hydrogens is 216 g/mol. The van der Waals surface area contributed by atoms with Crippen LogP contribution in [-0.2, 0) is 10.2 Å². The first-order valence-corrected chi connectivity index (χ1v) is 6.70. The molecule has 6 heteroatoms. The zero-order valence-electron chi connectivity index (χ0n) is 9.39. The van der Waals surface area contributed by atoms with Crippen LogP contribution >= 0.6 is 0 Å². The molecular formula is C9H20N2O3S. The predicted octanol–water partition coefficient (Wildman–Crippen LogP) is -0.113. The van der Waals surface area contributed by atoms with Gasteiger partial charge in [0.25, 0.3) is 10.2 Å². The second-order valence-corrected chi connectivity index (χ2v) is 6.19. The summed E-state index contributed by atoms with van der Waals surface area (Å²) in [6.45, 7) is 3.70. The molecule has 0 radical (unpaired) electrons. The molecule has 1 saturated heterocycles. The van der Waals surface area contributed by atoms with Crippen LogP contribution < -0.4 is 0 Å². The lowest BCUT2D eigenvalue weighted by Gasteiger charge is -2.23. The van der Waals surface area contributed by atoms with Gasteiger partial charge < -0.3 is 5.11 Å². The standard InChI is InChI=1S/C9H20N2O3S/c1-9-4-6-11(8-9)15(13,14)10(2)5-3-7-12/h9,12H,3-8H2,1-2H3. The molecule has 15 heavy (non-hydrogen) atoms. The zero-order chi connectivity index (χ0) is 11.5. The summed E-state index contributed by atoms with van der Waals surface area (Å²) in [6, 6.07) is 0. The molecule has 1 aliphatic heterocycles. The van der Waals surface area contributed by atoms with Crippen LogP contribution in [0.25, 0.3) is 0 Å². The summed E-state index contributed by atoms with van der Waals surface area (Å²) in [5.41, 5.74) is 0. The molecule has 1 atom stereocenters. The average molecular weight is 236 g/mol. The highest BCUT2D eigenvalue weighted by Crippen LogP contribution is 2.20. The molecule has 0 saturated carbocycles. The first kappa shape index (κ1) is 12.9. The number of aliphatic hydroxyl groups excluding tert-OH is 1. The number of aliphatic hydroxyl groups is 1. The minimum atomic E-state index is -3.29. The highest BCUT2D eigenvalue weighted by molar-refractivity contribution is 7.86. The van der Waals surface area contributed by atoms with Crippen molar-refractivity contribution in [2.75, 3.05) is 33.3 Å². The smallest absolute Gasteiger partial charge is 0.281 e. The Morgan fingerprint density at radius 2 is 2.20 bits per heavy atom. The highest BCUT2D eigenvalue weighted by Gasteiger charge is 2.31. The third kappa shape index (κ3) is 3.14. The molecule has 0 bridgehead atoms. The molecule has 1 rings (SSSR count). The fourth-order valence-electron chi connectivity index (χ4n) is 1.71. The maximum atomic E-state index is 12.0. The van der Waals surface area contributed by atoms with Crippen LogP contribution in [0.1, 0.15) is 19.8 Å². The Bertz CT molecular complexity index is 292. The molecule has 0 aromatic heterocycles. The fourth-order valence-corrected chi connectivity index (χ4v) is 3.24. The lowest BCUT2D eigenvalue weighted by molar-refractivity contribution is 0.272. The summed E-state index contributed by atoms with van der Waals surface area (Å²) >= 11 is 0. The van der Waals surface area contributed by atoms with E-state index in [2.05, 4.69) is 6.92 Å². The van der Waals surface area contributed by atoms with E-state index in [1.807, 2.05) is 0 Å². The van der Waals surface area contributed by atoms with Gasteiger partial charge in [0.05, 0.1) is 0 Å². The zero-order valence-corrected chi connectivity index (χ0v) is 10.2. The van der Waals surface area contributed by atoms with Crippen molar-refractivity contribution in [3.63, 3.8) is 0 Å². The number of nitrogens with zero attached hydrogens (tertiary/aromatic N) is 2. The Balaban J connectivity index is 2.57. The van der Waals surface area contributed by atoms with Crippen molar-refractivity contribution in [2.24, 2.45) is 5.92 Å². The molecule has 1 N–H and O–H groups in total. The van der Waals surface area contributed by atoms with Gasteiger partial charge in [0.2, 0.25) is 0 Å². The Hall–Kier alpha value is -0.170. The minimum absolute atomic E-state index is 0.0241. The van der Waals surface area contributed by atoms with Gasteiger partial charge >= 0.3 is 0 Å². The van der Waals surface area contributed by atoms with E-state index in [9.17, 15) is 8.42 Å². The summed E-state index contributed by atoms with van der Waals surface area (Å²) in [4.78, 5) is 0. The monoisotopic (exact) mass is 236 g/mol. The van der Waals surface area contributed by atoms with Crippen LogP contribution in [0.4, 0.5) is 0 Å². The summed E-state index contributed by atoms with van der Waals surface area (Å²) in [7, 11) is -1.72. The molecule has 5 nitrogen and oxygen atoms in total. The van der Waals surface area contributed by atoms with E-state index < -0.39 is 10.2 Å². The van der Waals surface area contributed by atoms with Crippen molar-refractivity contribution in [3.8, 4) is 0 Å². The Morgan fingerprint density at radius 3 is 2.67 bits per heavy atom. The topological polar surface area (TPSA) is 60.9 Å². The SMILES string of the molecule is CC1CCN(S(=O)(=O)N(C)CCCO)C1. The van der Waals surface area contributed by atoms with Crippen molar-refractivity contribution in [3.05, 3.63) is 0 Å². The molecule has 1 heterocycles. The van der Waals surface area contributed by atoms with Crippen LogP contribution in [-0.4, -0.2) is 55.4 Å². The number of rotatable bonds is 5. The molecule has 90 valence electrons. The van der Waals surface area contributed by atoms with E-state index in [4.69, 9.17) is 5.11 Å². The van der Waals surface area contributed by atoms with E-state index >= 15 is 0 Å². The van der Waals surface area contributed by atoms with Crippen molar-refractivity contribution in [1.29, 1.82) is 0 Å². The largest absolute Gasteiger partial charge is 0.396 e. The van der Waals surface area contributed by atoms with Gasteiger partial charge in [-0.2, -0.15) is 17.0 Å². The number of hydrogen-bond donors (Lipinski definition) is 1. The van der Waals surface area contributed by atoms with E-state index in [0.29, 0.717) is 32.0 Å². The summed E-state index contributed by atoms with van der Waals surface area (Å²) in [6.07, 6.45) is 1.42. The van der Waals surface area contributed by atoms with Crippen molar-refractivity contribution in [2.45, 2.75) is 19.8 Å². The van der Waals surface area contributed by atoms with Crippen molar-refractivity contribution < 1.29 is 13.5 Å². The normalized spacial score (nSPS) is 23.9. The summed E-state index contributed by atoms with van der Waals surface area (Å²) in [5, 5.41) is 8.65. The van der Waals surface area contributed by atoms with Gasteiger partial charge in [-0.1, -0.05) is 6.92 Å². The molecule has 0 aromatic rings. The van der Waals surface area contributed by atoms with Gasteiger partial charge in [-0.15, -0.1) is 0 Å². The Morgan fingerprint density at radius 1 is 1.53 bits per heavy atom. The van der Waals surface area contributed by atoms with E-state index in [1.54, 1.807) is 7.05 Å². The fraction of sp³-hybridized carbons (Fsp3) is 1.00. The molecule has 0 aliphatic carbocycles. The van der Waals surface area contributed by atoms with Crippen molar-refractivity contribution in [1.82, 2.24) is 8.61 Å². The van der Waals surface area contributed by atoms with Gasteiger partial charge in [-0.05, 0) is 18.8 Å². The van der Waals surface area contributed by atoms with E-state index in [1.165, 1.54) is 8.61 Å². The van der Waals surface area contributed by atoms with Gasteiger partial charge in [-0.3, -0.25) is 0 Å². The minimum Gasteiger partial charge on any atom is -0.396 e. The Kier molecular flexibility index (Phi) is 4.51. The van der Waals surface area contributed by atoms with Crippen LogP contribution in [0.15, 0.2) is 0 Å². The van der Waals surface area contributed by atoms with Gasteiger partial charge in [0, 0.05) is 33.3 Å². The molecule has 0 amide bonds. The van der Waals surface area contributed by atoms with E-state index in [-0.39, 0.29) is 6.61 Å². The number of hydrogen-bond acceptors (Lipinski definition) is 3. The summed E-state index contributed by atoms with van der Waals surface area (Å²) in [5.74, 6) is 0.450. The second-order valence-electron chi connectivity index (χ2n) is 4.16. The van der Waals surface area contributed by atoms with Crippen molar-refractivity contribution >= 4 is 10.2 Å². The average Bonchev–Trinajstić information content (AvgIpc) is 2.61. The quantitative estimate of drug-likeness (QED) is 0.724. The van der Waals surface area contributed by atoms with Crippen LogP contribution in [0.3, 0.4) is 0 Å².